The van der Waals surface area contributed by atoms with E-state index in [-0.39, 0.29) is 11.3 Å². The summed E-state index contributed by atoms with van der Waals surface area (Å²) in [6.07, 6.45) is 0. The van der Waals surface area contributed by atoms with Crippen LogP contribution < -0.4 is 4.72 Å². The molecule has 0 spiro atoms. The molecule has 0 atom stereocenters. The number of carboxylic acids is 1. The third kappa shape index (κ3) is 3.40. The third-order valence-electron chi connectivity index (χ3n) is 2.58. The van der Waals surface area contributed by atoms with Crippen LogP contribution in [0.2, 0.25) is 0 Å². The Balaban J connectivity index is 2.40. The van der Waals surface area contributed by atoms with Crippen LogP contribution in [0.1, 0.15) is 10.4 Å². The average molecular weight is 374 g/mol. The van der Waals surface area contributed by atoms with Gasteiger partial charge in [-0.15, -0.1) is 0 Å². The second-order valence-corrected chi connectivity index (χ2v) is 6.54. The Hall–Kier alpha value is -1.93. The molecule has 0 unspecified atom stereocenters. The lowest BCUT2D eigenvalue weighted by atomic mass is 10.2. The van der Waals surface area contributed by atoms with Gasteiger partial charge < -0.3 is 5.11 Å². The van der Waals surface area contributed by atoms with Gasteiger partial charge in [-0.2, -0.15) is 0 Å². The number of hydrogen-bond acceptors (Lipinski definition) is 3. The first-order chi connectivity index (χ1) is 9.81. The van der Waals surface area contributed by atoms with E-state index in [0.29, 0.717) is 4.47 Å². The summed E-state index contributed by atoms with van der Waals surface area (Å²) in [4.78, 5) is 10.5. The Labute approximate surface area is 128 Å². The van der Waals surface area contributed by atoms with Crippen LogP contribution in [0.15, 0.2) is 51.8 Å². The van der Waals surface area contributed by atoms with Crippen molar-refractivity contribution in [3.8, 4) is 0 Å². The second-order valence-electron chi connectivity index (χ2n) is 4.04. The fourth-order valence-corrected chi connectivity index (χ4v) is 3.17. The molecule has 2 aromatic rings. The Morgan fingerprint density at radius 2 is 1.86 bits per heavy atom. The van der Waals surface area contributed by atoms with Crippen molar-refractivity contribution < 1.29 is 22.7 Å². The van der Waals surface area contributed by atoms with Crippen molar-refractivity contribution in [3.63, 3.8) is 0 Å². The quantitative estimate of drug-likeness (QED) is 0.862. The molecule has 2 aromatic carbocycles. The molecule has 0 amide bonds. The zero-order chi connectivity index (χ0) is 15.6. The first-order valence-electron chi connectivity index (χ1n) is 5.61. The molecular weight excluding hydrogens is 365 g/mol. The number of benzene rings is 2. The van der Waals surface area contributed by atoms with Gasteiger partial charge in [-0.3, -0.25) is 4.72 Å². The van der Waals surface area contributed by atoms with Crippen LogP contribution in [-0.2, 0) is 10.0 Å². The monoisotopic (exact) mass is 373 g/mol. The molecule has 21 heavy (non-hydrogen) atoms. The van der Waals surface area contributed by atoms with Crippen LogP contribution in [0.3, 0.4) is 0 Å². The number of sulfonamides is 1. The largest absolute Gasteiger partial charge is 0.478 e. The summed E-state index contributed by atoms with van der Waals surface area (Å²) in [5, 5.41) is 8.98. The van der Waals surface area contributed by atoms with E-state index in [4.69, 9.17) is 5.11 Å². The van der Waals surface area contributed by atoms with Crippen molar-refractivity contribution in [2.45, 2.75) is 4.90 Å². The first-order valence-corrected chi connectivity index (χ1v) is 7.89. The predicted molar refractivity (Wildman–Crippen MR) is 78.3 cm³/mol. The van der Waals surface area contributed by atoms with Gasteiger partial charge in [0, 0.05) is 10.2 Å². The van der Waals surface area contributed by atoms with E-state index in [2.05, 4.69) is 20.7 Å². The zero-order valence-electron chi connectivity index (χ0n) is 10.4. The van der Waals surface area contributed by atoms with E-state index in [1.54, 1.807) is 0 Å². The highest BCUT2D eigenvalue weighted by molar-refractivity contribution is 9.10. The minimum Gasteiger partial charge on any atom is -0.478 e. The molecule has 2 rings (SSSR count). The van der Waals surface area contributed by atoms with Gasteiger partial charge in [0.1, 0.15) is 10.7 Å². The predicted octanol–water partition coefficient (Wildman–Crippen LogP) is 3.09. The van der Waals surface area contributed by atoms with E-state index < -0.39 is 26.7 Å². The maximum Gasteiger partial charge on any atom is 0.336 e. The van der Waals surface area contributed by atoms with Gasteiger partial charge in [0.25, 0.3) is 10.0 Å². The Morgan fingerprint density at radius 3 is 2.48 bits per heavy atom. The van der Waals surface area contributed by atoms with Crippen molar-refractivity contribution in [3.05, 3.63) is 58.3 Å². The molecule has 0 heterocycles. The maximum absolute atomic E-state index is 13.5. The van der Waals surface area contributed by atoms with Gasteiger partial charge in [-0.25, -0.2) is 17.6 Å². The molecule has 0 aliphatic rings. The molecule has 110 valence electrons. The molecule has 2 N–H and O–H groups in total. The number of rotatable bonds is 4. The van der Waals surface area contributed by atoms with Gasteiger partial charge >= 0.3 is 5.97 Å². The van der Waals surface area contributed by atoms with Gasteiger partial charge in [0.2, 0.25) is 0 Å². The Bertz CT molecular complexity index is 808. The van der Waals surface area contributed by atoms with Gasteiger partial charge in [0.15, 0.2) is 0 Å². The van der Waals surface area contributed by atoms with Crippen LogP contribution in [0, 0.1) is 5.82 Å². The molecule has 0 saturated heterocycles. The molecule has 0 aliphatic carbocycles. The highest BCUT2D eigenvalue weighted by atomic mass is 79.9. The summed E-state index contributed by atoms with van der Waals surface area (Å²) in [7, 11) is -4.13. The number of aromatic carboxylic acids is 1. The maximum atomic E-state index is 13.5. The molecule has 0 aromatic heterocycles. The lowest BCUT2D eigenvalue weighted by molar-refractivity contribution is 0.0696. The molecule has 0 bridgehead atoms. The highest BCUT2D eigenvalue weighted by Crippen LogP contribution is 2.24. The third-order valence-corrected chi connectivity index (χ3v) is 4.68. The molecule has 0 saturated carbocycles. The van der Waals surface area contributed by atoms with Crippen molar-refractivity contribution in [1.29, 1.82) is 0 Å². The second kappa shape index (κ2) is 5.82. The van der Waals surface area contributed by atoms with E-state index in [0.717, 1.165) is 18.2 Å². The van der Waals surface area contributed by atoms with E-state index in [9.17, 15) is 17.6 Å². The Kier molecular flexibility index (Phi) is 4.29. The lowest BCUT2D eigenvalue weighted by Gasteiger charge is -2.10. The number of hydrogen-bond donors (Lipinski definition) is 2. The highest BCUT2D eigenvalue weighted by Gasteiger charge is 2.19. The topological polar surface area (TPSA) is 83.5 Å². The Morgan fingerprint density at radius 1 is 1.19 bits per heavy atom. The van der Waals surface area contributed by atoms with Crippen molar-refractivity contribution in [2.75, 3.05) is 4.72 Å². The molecular formula is C13H9BrFNO4S. The number of carboxylic acid groups (broad SMARTS) is 1. The summed E-state index contributed by atoms with van der Waals surface area (Å²) >= 11 is 3.05. The van der Waals surface area contributed by atoms with E-state index >= 15 is 0 Å². The normalized spacial score (nSPS) is 11.1. The molecule has 0 aliphatic heterocycles. The first kappa shape index (κ1) is 15.5. The molecule has 8 heteroatoms. The summed E-state index contributed by atoms with van der Waals surface area (Å²) in [5.41, 5.74) is -0.0809. The van der Waals surface area contributed by atoms with Gasteiger partial charge in [0.05, 0.1) is 5.56 Å². The van der Waals surface area contributed by atoms with E-state index in [1.807, 2.05) is 0 Å². The average Bonchev–Trinajstić information content (AvgIpc) is 2.40. The van der Waals surface area contributed by atoms with E-state index in [1.165, 1.54) is 24.3 Å². The zero-order valence-corrected chi connectivity index (χ0v) is 12.8. The van der Waals surface area contributed by atoms with Crippen molar-refractivity contribution >= 4 is 37.6 Å². The number of nitrogens with one attached hydrogen (secondary N) is 1. The van der Waals surface area contributed by atoms with Crippen molar-refractivity contribution in [1.82, 2.24) is 0 Å². The van der Waals surface area contributed by atoms with Crippen LogP contribution in [0.4, 0.5) is 10.1 Å². The number of anilines is 1. The van der Waals surface area contributed by atoms with Crippen LogP contribution >= 0.6 is 15.9 Å². The lowest BCUT2D eigenvalue weighted by Crippen LogP contribution is -2.15. The number of halogens is 2. The summed E-state index contributed by atoms with van der Waals surface area (Å²) in [6.45, 7) is 0. The van der Waals surface area contributed by atoms with Gasteiger partial charge in [-0.05, 0) is 46.3 Å². The van der Waals surface area contributed by atoms with Crippen molar-refractivity contribution in [2.24, 2.45) is 0 Å². The fraction of sp³-hybridized carbons (Fsp3) is 0. The van der Waals surface area contributed by atoms with Crippen LogP contribution in [0.5, 0.6) is 0 Å². The molecule has 5 nitrogen and oxygen atoms in total. The SMILES string of the molecule is O=C(O)c1cc(NS(=O)(=O)c2ccccc2F)ccc1Br. The molecule has 0 radical (unpaired) electrons. The van der Waals surface area contributed by atoms with Crippen LogP contribution in [0.25, 0.3) is 0 Å². The summed E-state index contributed by atoms with van der Waals surface area (Å²) in [5.74, 6) is -2.10. The number of carbonyl (C=O) groups is 1. The van der Waals surface area contributed by atoms with Crippen LogP contribution in [-0.4, -0.2) is 19.5 Å². The standard InChI is InChI=1S/C13H9BrFNO4S/c14-10-6-5-8(7-9(10)13(17)18)16-21(19,20)12-4-2-1-3-11(12)15/h1-7,16H,(H,17,18). The smallest absolute Gasteiger partial charge is 0.336 e. The summed E-state index contributed by atoms with van der Waals surface area (Å²) in [6, 6.07) is 8.81. The summed E-state index contributed by atoms with van der Waals surface area (Å²) < 4.78 is 40.2. The minimum absolute atomic E-state index is 0.0267. The minimum atomic E-state index is -4.13. The fourth-order valence-electron chi connectivity index (χ4n) is 1.63. The van der Waals surface area contributed by atoms with Gasteiger partial charge in [-0.1, -0.05) is 12.1 Å². The molecule has 0 fully saturated rings.